The molecule has 1 aromatic carbocycles. The summed E-state index contributed by atoms with van der Waals surface area (Å²) in [6.45, 7) is 8.26. The van der Waals surface area contributed by atoms with Crippen LogP contribution in [0.5, 0.6) is 0 Å². The van der Waals surface area contributed by atoms with Crippen LogP contribution in [0.1, 0.15) is 51.5 Å². The summed E-state index contributed by atoms with van der Waals surface area (Å²) in [5.41, 5.74) is 1.46. The number of benzene rings is 1. The fraction of sp³-hybridized carbons (Fsp3) is 0.684. The summed E-state index contributed by atoms with van der Waals surface area (Å²) in [5.74, 6) is 0. The SMILES string of the molecule is CCCCCN1CC(Cc2ccccc2)NCC1CCC. The Bertz CT molecular complexity index is 376. The molecule has 2 unspecified atom stereocenters. The van der Waals surface area contributed by atoms with Crippen molar-refractivity contribution >= 4 is 0 Å². The molecule has 2 nitrogen and oxygen atoms in total. The smallest absolute Gasteiger partial charge is 0.0236 e. The van der Waals surface area contributed by atoms with E-state index in [-0.39, 0.29) is 0 Å². The third-order valence-corrected chi connectivity index (χ3v) is 4.61. The predicted octanol–water partition coefficient (Wildman–Crippen LogP) is 3.86. The van der Waals surface area contributed by atoms with Gasteiger partial charge in [-0.15, -0.1) is 0 Å². The molecule has 1 aliphatic heterocycles. The number of nitrogens with one attached hydrogen (secondary N) is 1. The van der Waals surface area contributed by atoms with Crippen molar-refractivity contribution in [3.63, 3.8) is 0 Å². The lowest BCUT2D eigenvalue weighted by Gasteiger charge is -2.40. The van der Waals surface area contributed by atoms with Crippen LogP contribution in [-0.2, 0) is 6.42 Å². The highest BCUT2D eigenvalue weighted by Gasteiger charge is 2.26. The first kappa shape index (κ1) is 16.5. The van der Waals surface area contributed by atoms with Gasteiger partial charge in [0.15, 0.2) is 0 Å². The molecule has 0 bridgehead atoms. The Morgan fingerprint density at radius 1 is 1.10 bits per heavy atom. The molecule has 2 rings (SSSR count). The zero-order chi connectivity index (χ0) is 14.9. The Morgan fingerprint density at radius 2 is 1.90 bits per heavy atom. The van der Waals surface area contributed by atoms with Gasteiger partial charge in [-0.1, -0.05) is 63.4 Å². The molecule has 118 valence electrons. The van der Waals surface area contributed by atoms with Crippen molar-refractivity contribution in [1.82, 2.24) is 10.2 Å². The summed E-state index contributed by atoms with van der Waals surface area (Å²) in [5, 5.41) is 3.78. The van der Waals surface area contributed by atoms with E-state index < -0.39 is 0 Å². The van der Waals surface area contributed by atoms with E-state index in [0.29, 0.717) is 6.04 Å². The molecule has 1 N–H and O–H groups in total. The maximum atomic E-state index is 3.78. The lowest BCUT2D eigenvalue weighted by atomic mass is 9.99. The molecule has 2 heteroatoms. The molecule has 1 saturated heterocycles. The van der Waals surface area contributed by atoms with Crippen LogP contribution in [0.4, 0.5) is 0 Å². The molecule has 0 amide bonds. The highest BCUT2D eigenvalue weighted by Crippen LogP contribution is 2.16. The second-order valence-corrected chi connectivity index (χ2v) is 6.44. The second kappa shape index (κ2) is 9.22. The van der Waals surface area contributed by atoms with E-state index in [0.717, 1.165) is 19.0 Å². The molecule has 1 fully saturated rings. The summed E-state index contributed by atoms with van der Waals surface area (Å²) >= 11 is 0. The van der Waals surface area contributed by atoms with Gasteiger partial charge in [-0.2, -0.15) is 0 Å². The molecular weight excluding hydrogens is 256 g/mol. The van der Waals surface area contributed by atoms with Gasteiger partial charge >= 0.3 is 0 Å². The van der Waals surface area contributed by atoms with Crippen molar-refractivity contribution in [3.8, 4) is 0 Å². The van der Waals surface area contributed by atoms with Gasteiger partial charge in [0.25, 0.3) is 0 Å². The summed E-state index contributed by atoms with van der Waals surface area (Å²) in [7, 11) is 0. The molecule has 1 aromatic rings. The third kappa shape index (κ3) is 5.44. The normalized spacial score (nSPS) is 23.3. The lowest BCUT2D eigenvalue weighted by Crippen LogP contribution is -2.57. The van der Waals surface area contributed by atoms with Gasteiger partial charge in [0.1, 0.15) is 0 Å². The highest BCUT2D eigenvalue weighted by molar-refractivity contribution is 5.16. The lowest BCUT2D eigenvalue weighted by molar-refractivity contribution is 0.120. The second-order valence-electron chi connectivity index (χ2n) is 6.44. The van der Waals surface area contributed by atoms with Gasteiger partial charge in [0.2, 0.25) is 0 Å². The van der Waals surface area contributed by atoms with Gasteiger partial charge in [-0.05, 0) is 31.4 Å². The number of unbranched alkanes of at least 4 members (excludes halogenated alkanes) is 2. The summed E-state index contributed by atoms with van der Waals surface area (Å²) in [6.07, 6.45) is 7.82. The molecule has 1 aliphatic rings. The number of nitrogens with zero attached hydrogens (tertiary/aromatic N) is 1. The van der Waals surface area contributed by atoms with Crippen LogP contribution in [0, 0.1) is 0 Å². The van der Waals surface area contributed by atoms with E-state index in [2.05, 4.69) is 54.4 Å². The van der Waals surface area contributed by atoms with Crippen LogP contribution in [0.15, 0.2) is 30.3 Å². The van der Waals surface area contributed by atoms with Crippen LogP contribution in [0.2, 0.25) is 0 Å². The zero-order valence-corrected chi connectivity index (χ0v) is 13.9. The first-order valence-corrected chi connectivity index (χ1v) is 8.84. The molecule has 0 radical (unpaired) electrons. The standard InChI is InChI=1S/C19H32N2/c1-3-5-9-13-21-16-18(20-15-19(21)10-4-2)14-17-11-7-6-8-12-17/h6-8,11-12,18-20H,3-5,9-10,13-16H2,1-2H3. The number of hydrogen-bond donors (Lipinski definition) is 1. The van der Waals surface area contributed by atoms with E-state index in [9.17, 15) is 0 Å². The molecule has 0 aliphatic carbocycles. The summed E-state index contributed by atoms with van der Waals surface area (Å²) in [6, 6.07) is 12.3. The summed E-state index contributed by atoms with van der Waals surface area (Å²) < 4.78 is 0. The minimum absolute atomic E-state index is 0.613. The highest BCUT2D eigenvalue weighted by atomic mass is 15.2. The van der Waals surface area contributed by atoms with Gasteiger partial charge in [-0.25, -0.2) is 0 Å². The van der Waals surface area contributed by atoms with Crippen LogP contribution >= 0.6 is 0 Å². The van der Waals surface area contributed by atoms with Crippen LogP contribution in [0.25, 0.3) is 0 Å². The van der Waals surface area contributed by atoms with Crippen LogP contribution < -0.4 is 5.32 Å². The molecule has 0 aromatic heterocycles. The minimum Gasteiger partial charge on any atom is -0.311 e. The monoisotopic (exact) mass is 288 g/mol. The average Bonchev–Trinajstić information content (AvgIpc) is 2.51. The van der Waals surface area contributed by atoms with Crippen LogP contribution in [-0.4, -0.2) is 36.6 Å². The van der Waals surface area contributed by atoms with Crippen molar-refractivity contribution in [3.05, 3.63) is 35.9 Å². The molecule has 2 atom stereocenters. The Balaban J connectivity index is 1.87. The Morgan fingerprint density at radius 3 is 2.62 bits per heavy atom. The first-order valence-electron chi connectivity index (χ1n) is 8.84. The van der Waals surface area contributed by atoms with E-state index in [1.54, 1.807) is 0 Å². The van der Waals surface area contributed by atoms with Gasteiger partial charge < -0.3 is 5.32 Å². The van der Waals surface area contributed by atoms with Crippen molar-refractivity contribution in [1.29, 1.82) is 0 Å². The average molecular weight is 288 g/mol. The molecule has 0 spiro atoms. The molecule has 1 heterocycles. The van der Waals surface area contributed by atoms with Crippen molar-refractivity contribution in [2.24, 2.45) is 0 Å². The van der Waals surface area contributed by atoms with E-state index in [1.165, 1.54) is 50.8 Å². The van der Waals surface area contributed by atoms with Crippen molar-refractivity contribution < 1.29 is 0 Å². The first-order chi connectivity index (χ1) is 10.3. The minimum atomic E-state index is 0.613. The maximum absolute atomic E-state index is 3.78. The van der Waals surface area contributed by atoms with Gasteiger partial charge in [0, 0.05) is 25.2 Å². The predicted molar refractivity (Wildman–Crippen MR) is 91.7 cm³/mol. The number of rotatable bonds is 8. The van der Waals surface area contributed by atoms with Crippen molar-refractivity contribution in [2.75, 3.05) is 19.6 Å². The van der Waals surface area contributed by atoms with E-state index >= 15 is 0 Å². The van der Waals surface area contributed by atoms with Crippen LogP contribution in [0.3, 0.4) is 0 Å². The largest absolute Gasteiger partial charge is 0.311 e. The Kier molecular flexibility index (Phi) is 7.25. The molecular formula is C19H32N2. The molecule has 21 heavy (non-hydrogen) atoms. The number of hydrogen-bond acceptors (Lipinski definition) is 2. The van der Waals surface area contributed by atoms with E-state index in [4.69, 9.17) is 0 Å². The fourth-order valence-corrected chi connectivity index (χ4v) is 3.42. The molecule has 0 saturated carbocycles. The topological polar surface area (TPSA) is 15.3 Å². The Labute approximate surface area is 130 Å². The number of piperazine rings is 1. The van der Waals surface area contributed by atoms with Gasteiger partial charge in [-0.3, -0.25) is 4.90 Å². The van der Waals surface area contributed by atoms with Crippen molar-refractivity contribution in [2.45, 2.75) is 64.5 Å². The summed E-state index contributed by atoms with van der Waals surface area (Å²) in [4.78, 5) is 2.75. The zero-order valence-electron chi connectivity index (χ0n) is 13.9. The van der Waals surface area contributed by atoms with E-state index in [1.807, 2.05) is 0 Å². The fourth-order valence-electron chi connectivity index (χ4n) is 3.42. The third-order valence-electron chi connectivity index (χ3n) is 4.61. The van der Waals surface area contributed by atoms with Gasteiger partial charge in [0.05, 0.1) is 0 Å². The maximum Gasteiger partial charge on any atom is 0.0236 e. The Hall–Kier alpha value is -0.860. The quantitative estimate of drug-likeness (QED) is 0.731.